The molecule has 2 N–H and O–H groups in total. The van der Waals surface area contributed by atoms with Crippen molar-refractivity contribution < 1.29 is 13.6 Å². The zero-order valence-electron chi connectivity index (χ0n) is 9.24. The first-order valence-electron chi connectivity index (χ1n) is 5.17. The number of benzene rings is 1. The van der Waals surface area contributed by atoms with Gasteiger partial charge in [0.25, 0.3) is 0 Å². The van der Waals surface area contributed by atoms with Crippen LogP contribution in [-0.2, 0) is 6.54 Å². The van der Waals surface area contributed by atoms with Crippen molar-refractivity contribution in [2.75, 3.05) is 5.32 Å². The summed E-state index contributed by atoms with van der Waals surface area (Å²) >= 11 is 5.60. The number of halogens is 2. The fourth-order valence-electron chi connectivity index (χ4n) is 1.34. The van der Waals surface area contributed by atoms with Crippen molar-refractivity contribution in [1.29, 1.82) is 0 Å². The summed E-state index contributed by atoms with van der Waals surface area (Å²) in [5.74, 6) is -0.655. The maximum Gasteiger partial charge on any atom is 0.319 e. The summed E-state index contributed by atoms with van der Waals surface area (Å²) in [7, 11) is 0. The number of urea groups is 1. The van der Waals surface area contributed by atoms with Crippen LogP contribution in [0.4, 0.5) is 14.9 Å². The molecule has 94 valence electrons. The molecule has 1 heterocycles. The first-order chi connectivity index (χ1) is 8.66. The normalized spacial score (nSPS) is 10.1. The summed E-state index contributed by atoms with van der Waals surface area (Å²) in [6, 6.07) is 5.60. The molecule has 4 nitrogen and oxygen atoms in total. The lowest BCUT2D eigenvalue weighted by Crippen LogP contribution is -2.28. The fourth-order valence-corrected chi connectivity index (χ4v) is 1.52. The minimum absolute atomic E-state index is 0.0344. The molecule has 0 bridgehead atoms. The van der Waals surface area contributed by atoms with E-state index in [9.17, 15) is 9.18 Å². The summed E-state index contributed by atoms with van der Waals surface area (Å²) in [6.07, 6.45) is 3.02. The van der Waals surface area contributed by atoms with Crippen LogP contribution < -0.4 is 10.6 Å². The van der Waals surface area contributed by atoms with Crippen LogP contribution >= 0.6 is 11.6 Å². The van der Waals surface area contributed by atoms with E-state index in [1.165, 1.54) is 24.7 Å². The van der Waals surface area contributed by atoms with Crippen LogP contribution in [0, 0.1) is 5.82 Å². The van der Waals surface area contributed by atoms with E-state index in [-0.39, 0.29) is 10.7 Å². The van der Waals surface area contributed by atoms with Gasteiger partial charge in [-0.3, -0.25) is 0 Å². The number of amides is 2. The highest BCUT2D eigenvalue weighted by Gasteiger charge is 2.09. The molecular formula is C12H10ClFN2O2. The zero-order chi connectivity index (χ0) is 13.0. The Bertz CT molecular complexity index is 543. The van der Waals surface area contributed by atoms with Crippen LogP contribution in [0.15, 0.2) is 41.2 Å². The molecule has 0 saturated carbocycles. The van der Waals surface area contributed by atoms with Gasteiger partial charge in [-0.05, 0) is 18.2 Å². The molecule has 0 aliphatic heterocycles. The third kappa shape index (κ3) is 3.01. The van der Waals surface area contributed by atoms with Gasteiger partial charge < -0.3 is 15.1 Å². The van der Waals surface area contributed by atoms with Crippen LogP contribution in [0.5, 0.6) is 0 Å². The summed E-state index contributed by atoms with van der Waals surface area (Å²) in [4.78, 5) is 11.5. The lowest BCUT2D eigenvalue weighted by Gasteiger charge is -2.08. The number of carbonyl (C=O) groups excluding carboxylic acids is 1. The van der Waals surface area contributed by atoms with Crippen molar-refractivity contribution in [3.63, 3.8) is 0 Å². The Morgan fingerprint density at radius 3 is 2.94 bits per heavy atom. The summed E-state index contributed by atoms with van der Waals surface area (Å²) in [6.45, 7) is 0.296. The first kappa shape index (κ1) is 12.4. The summed E-state index contributed by atoms with van der Waals surface area (Å²) < 4.78 is 18.3. The molecule has 2 aromatic rings. The molecule has 0 saturated heterocycles. The van der Waals surface area contributed by atoms with Crippen LogP contribution in [0.3, 0.4) is 0 Å². The van der Waals surface area contributed by atoms with Gasteiger partial charge in [-0.2, -0.15) is 0 Å². The zero-order valence-corrected chi connectivity index (χ0v) is 10.00. The van der Waals surface area contributed by atoms with Crippen molar-refractivity contribution in [2.45, 2.75) is 6.54 Å². The molecule has 0 aliphatic carbocycles. The van der Waals surface area contributed by atoms with Gasteiger partial charge in [-0.1, -0.05) is 17.7 Å². The average molecular weight is 269 g/mol. The van der Waals surface area contributed by atoms with Gasteiger partial charge in [0.1, 0.15) is 0 Å². The number of nitrogens with one attached hydrogen (secondary N) is 2. The summed E-state index contributed by atoms with van der Waals surface area (Å²) in [5.41, 5.74) is 0.851. The monoisotopic (exact) mass is 268 g/mol. The molecule has 0 fully saturated rings. The van der Waals surface area contributed by atoms with Crippen LogP contribution in [0.25, 0.3) is 0 Å². The van der Waals surface area contributed by atoms with E-state index in [1.54, 1.807) is 12.1 Å². The Morgan fingerprint density at radius 2 is 2.22 bits per heavy atom. The molecule has 0 atom stereocenters. The smallest absolute Gasteiger partial charge is 0.319 e. The maximum absolute atomic E-state index is 13.5. The Balaban J connectivity index is 1.93. The molecule has 1 aromatic carbocycles. The van der Waals surface area contributed by atoms with Gasteiger partial charge in [0.05, 0.1) is 23.2 Å². The molecule has 0 aliphatic rings. The standard InChI is InChI=1S/C12H10ClFN2O2/c13-9-2-1-3-10(11(9)14)16-12(17)15-6-8-4-5-18-7-8/h1-5,7H,6H2,(H2,15,16,17). The molecule has 0 unspecified atom stereocenters. The van der Waals surface area contributed by atoms with E-state index in [0.29, 0.717) is 6.54 Å². The lowest BCUT2D eigenvalue weighted by molar-refractivity contribution is 0.251. The van der Waals surface area contributed by atoms with Crippen LogP contribution in [0.2, 0.25) is 5.02 Å². The van der Waals surface area contributed by atoms with Crippen molar-refractivity contribution in [1.82, 2.24) is 5.32 Å². The number of anilines is 1. The Hall–Kier alpha value is -2.01. The van der Waals surface area contributed by atoms with Gasteiger partial charge >= 0.3 is 6.03 Å². The molecule has 2 amide bonds. The molecule has 1 aromatic heterocycles. The van der Waals surface area contributed by atoms with E-state index >= 15 is 0 Å². The van der Waals surface area contributed by atoms with E-state index in [1.807, 2.05) is 0 Å². The topological polar surface area (TPSA) is 54.3 Å². The Kier molecular flexibility index (Phi) is 3.84. The molecule has 0 radical (unpaired) electrons. The van der Waals surface area contributed by atoms with E-state index in [2.05, 4.69) is 10.6 Å². The third-order valence-corrected chi connectivity index (χ3v) is 2.52. The van der Waals surface area contributed by atoms with E-state index in [4.69, 9.17) is 16.0 Å². The second-order valence-corrected chi connectivity index (χ2v) is 3.95. The second kappa shape index (κ2) is 5.55. The summed E-state index contributed by atoms with van der Waals surface area (Å²) in [5, 5.41) is 4.89. The fraction of sp³-hybridized carbons (Fsp3) is 0.0833. The van der Waals surface area contributed by atoms with Gasteiger partial charge in [-0.15, -0.1) is 0 Å². The van der Waals surface area contributed by atoms with Gasteiger partial charge in [0.15, 0.2) is 5.82 Å². The van der Waals surface area contributed by atoms with Crippen molar-refractivity contribution in [2.24, 2.45) is 0 Å². The van der Waals surface area contributed by atoms with Gasteiger partial charge in [0, 0.05) is 12.1 Å². The molecule has 2 rings (SSSR count). The van der Waals surface area contributed by atoms with Crippen LogP contribution in [-0.4, -0.2) is 6.03 Å². The predicted octanol–water partition coefficient (Wildman–Crippen LogP) is 3.39. The highest BCUT2D eigenvalue weighted by molar-refractivity contribution is 6.31. The predicted molar refractivity (Wildman–Crippen MR) is 66.0 cm³/mol. The third-order valence-electron chi connectivity index (χ3n) is 2.23. The van der Waals surface area contributed by atoms with Crippen molar-refractivity contribution >= 4 is 23.3 Å². The highest BCUT2D eigenvalue weighted by Crippen LogP contribution is 2.21. The van der Waals surface area contributed by atoms with E-state index in [0.717, 1.165) is 5.56 Å². The first-order valence-corrected chi connectivity index (χ1v) is 5.54. The Labute approximate surface area is 108 Å². The minimum Gasteiger partial charge on any atom is -0.472 e. The molecular weight excluding hydrogens is 259 g/mol. The highest BCUT2D eigenvalue weighted by atomic mass is 35.5. The SMILES string of the molecule is O=C(NCc1ccoc1)Nc1cccc(Cl)c1F. The number of rotatable bonds is 3. The number of hydrogen-bond acceptors (Lipinski definition) is 2. The average Bonchev–Trinajstić information content (AvgIpc) is 2.86. The molecule has 6 heteroatoms. The molecule has 18 heavy (non-hydrogen) atoms. The van der Waals surface area contributed by atoms with Crippen molar-refractivity contribution in [3.8, 4) is 0 Å². The Morgan fingerprint density at radius 1 is 1.39 bits per heavy atom. The van der Waals surface area contributed by atoms with Crippen molar-refractivity contribution in [3.05, 3.63) is 53.2 Å². The quantitative estimate of drug-likeness (QED) is 0.896. The number of furan rings is 1. The van der Waals surface area contributed by atoms with Gasteiger partial charge in [-0.25, -0.2) is 9.18 Å². The minimum atomic E-state index is -0.655. The lowest BCUT2D eigenvalue weighted by atomic mass is 10.3. The largest absolute Gasteiger partial charge is 0.472 e. The number of carbonyl (C=O) groups is 1. The number of hydrogen-bond donors (Lipinski definition) is 2. The maximum atomic E-state index is 13.5. The van der Waals surface area contributed by atoms with E-state index < -0.39 is 11.8 Å². The second-order valence-electron chi connectivity index (χ2n) is 3.54. The molecule has 0 spiro atoms. The van der Waals surface area contributed by atoms with Crippen LogP contribution in [0.1, 0.15) is 5.56 Å². The van der Waals surface area contributed by atoms with Gasteiger partial charge in [0.2, 0.25) is 0 Å².